The lowest BCUT2D eigenvalue weighted by Crippen LogP contribution is -2.27. The first kappa shape index (κ1) is 37.0. The van der Waals surface area contributed by atoms with Crippen molar-refractivity contribution in [3.8, 4) is 27.9 Å². The number of fused-ring (bicyclic) bond motifs is 10. The first-order valence-electron chi connectivity index (χ1n) is 22.1. The van der Waals surface area contributed by atoms with E-state index in [-0.39, 0.29) is 5.41 Å². The van der Waals surface area contributed by atoms with E-state index in [1.165, 1.54) is 43.9 Å². The Morgan fingerprint density at radius 1 is 0.422 bits per heavy atom. The molecule has 1 aliphatic carbocycles. The zero-order valence-corrected chi connectivity index (χ0v) is 36.4. The quantitative estimate of drug-likeness (QED) is 0.162. The molecule has 10 aromatic carbocycles. The molecular formula is C59H42N3OP. The van der Waals surface area contributed by atoms with Crippen molar-refractivity contribution in [3.63, 3.8) is 0 Å². The SMILES string of the molecule is CC1(C)c2ccccc2-c2c(N3c4ccc(-c5cc6c7ccccc7n(-c7ccccc7)c6c6ccccc56)cc4N(c4cccc5ccccc45)P3(=O)c3ccccc3)cccc21. The van der Waals surface area contributed by atoms with Crippen LogP contribution < -0.4 is 14.6 Å². The van der Waals surface area contributed by atoms with Gasteiger partial charge in [0, 0.05) is 38.2 Å². The van der Waals surface area contributed by atoms with Crippen molar-refractivity contribution in [3.05, 3.63) is 230 Å². The molecule has 11 aromatic rings. The van der Waals surface area contributed by atoms with Gasteiger partial charge >= 0.3 is 7.44 Å². The molecule has 4 nitrogen and oxygen atoms in total. The molecule has 0 saturated heterocycles. The molecule has 0 saturated carbocycles. The molecule has 13 rings (SSSR count). The van der Waals surface area contributed by atoms with Gasteiger partial charge in [0.25, 0.3) is 0 Å². The smallest absolute Gasteiger partial charge is 0.301 e. The Bertz CT molecular complexity index is 3750. The maximum Gasteiger partial charge on any atom is 0.301 e. The molecule has 1 aliphatic heterocycles. The van der Waals surface area contributed by atoms with Crippen molar-refractivity contribution < 1.29 is 4.57 Å². The third-order valence-electron chi connectivity index (χ3n) is 13.9. The summed E-state index contributed by atoms with van der Waals surface area (Å²) in [5.74, 6) is 0. The van der Waals surface area contributed by atoms with Gasteiger partial charge in [0.2, 0.25) is 0 Å². The van der Waals surface area contributed by atoms with Crippen LogP contribution in [-0.4, -0.2) is 4.57 Å². The first-order chi connectivity index (χ1) is 31.4. The largest absolute Gasteiger partial charge is 0.309 e. The van der Waals surface area contributed by atoms with Gasteiger partial charge < -0.3 is 4.57 Å². The normalized spacial score (nSPS) is 16.2. The van der Waals surface area contributed by atoms with E-state index < -0.39 is 7.44 Å². The maximum absolute atomic E-state index is 17.4. The molecular weight excluding hydrogens is 798 g/mol. The van der Waals surface area contributed by atoms with E-state index in [0.717, 1.165) is 66.6 Å². The second kappa shape index (κ2) is 13.7. The third kappa shape index (κ3) is 5.03. The molecule has 0 bridgehead atoms. The van der Waals surface area contributed by atoms with E-state index in [9.17, 15) is 0 Å². The van der Waals surface area contributed by atoms with Crippen LogP contribution in [0, 0.1) is 0 Å². The molecule has 0 fully saturated rings. The summed E-state index contributed by atoms with van der Waals surface area (Å²) in [6.45, 7) is 4.62. The Labute approximate surface area is 372 Å². The van der Waals surface area contributed by atoms with Gasteiger partial charge in [-0.1, -0.05) is 172 Å². The third-order valence-corrected chi connectivity index (χ3v) is 16.8. The standard InChI is InChI=1S/C59H42N3OP/c1-59(2)50-30-15-13-29-47(50)57-51(59)31-18-34-55(57)62-54-36-35-40(37-56(54)61(64(62,63)42-23-7-4-8-24-42)53-33-17-20-39-19-9-10-25-43(39)53)48-38-49-45-27-14-16-32-52(45)60(41-21-5-3-6-22-41)58(49)46-28-12-11-26-44(46)48/h3-38H,1-2H3. The Hall–Kier alpha value is -7.65. The topological polar surface area (TPSA) is 28.5 Å². The number of hydrogen-bond acceptors (Lipinski definition) is 1. The lowest BCUT2D eigenvalue weighted by atomic mass is 9.82. The molecule has 1 atom stereocenters. The minimum absolute atomic E-state index is 0.232. The average molecular weight is 840 g/mol. The van der Waals surface area contributed by atoms with E-state index in [1.807, 2.05) is 30.3 Å². The van der Waals surface area contributed by atoms with Crippen LogP contribution in [0.2, 0.25) is 0 Å². The molecule has 0 N–H and O–H groups in total. The minimum Gasteiger partial charge on any atom is -0.309 e. The van der Waals surface area contributed by atoms with Crippen molar-refractivity contribution in [1.29, 1.82) is 0 Å². The summed E-state index contributed by atoms with van der Waals surface area (Å²) in [7, 11) is -3.76. The Kier molecular flexibility index (Phi) is 7.89. The van der Waals surface area contributed by atoms with Crippen LogP contribution in [-0.2, 0) is 9.98 Å². The van der Waals surface area contributed by atoms with Crippen LogP contribution in [0.1, 0.15) is 25.0 Å². The highest BCUT2D eigenvalue weighted by molar-refractivity contribution is 7.76. The molecule has 0 amide bonds. The Morgan fingerprint density at radius 3 is 1.86 bits per heavy atom. The highest BCUT2D eigenvalue weighted by Crippen LogP contribution is 2.72. The zero-order chi connectivity index (χ0) is 42.7. The average Bonchev–Trinajstić information content (AvgIpc) is 3.92. The van der Waals surface area contributed by atoms with E-state index in [0.29, 0.717) is 0 Å². The fraction of sp³-hybridized carbons (Fsp3) is 0.0508. The van der Waals surface area contributed by atoms with Crippen molar-refractivity contribution in [2.24, 2.45) is 0 Å². The minimum atomic E-state index is -3.76. The van der Waals surface area contributed by atoms with Crippen LogP contribution in [0.5, 0.6) is 0 Å². The summed E-state index contributed by atoms with van der Waals surface area (Å²) in [4.78, 5) is 0. The molecule has 0 spiro atoms. The zero-order valence-electron chi connectivity index (χ0n) is 35.5. The molecule has 304 valence electrons. The Balaban J connectivity index is 1.13. The van der Waals surface area contributed by atoms with Crippen LogP contribution >= 0.6 is 7.44 Å². The fourth-order valence-electron chi connectivity index (χ4n) is 11.0. The second-order valence-corrected chi connectivity index (χ2v) is 20.0. The summed E-state index contributed by atoms with van der Waals surface area (Å²) in [6.07, 6.45) is 0. The number of anilines is 4. The molecule has 64 heavy (non-hydrogen) atoms. The summed E-state index contributed by atoms with van der Waals surface area (Å²) >= 11 is 0. The number of benzene rings is 10. The van der Waals surface area contributed by atoms with Crippen molar-refractivity contribution in [1.82, 2.24) is 4.57 Å². The summed E-state index contributed by atoms with van der Waals surface area (Å²) in [5, 5.41) is 7.64. The van der Waals surface area contributed by atoms with Crippen molar-refractivity contribution >= 4 is 78.8 Å². The van der Waals surface area contributed by atoms with Crippen LogP contribution in [0.3, 0.4) is 0 Å². The van der Waals surface area contributed by atoms with E-state index >= 15 is 4.57 Å². The molecule has 5 heteroatoms. The second-order valence-electron chi connectivity index (χ2n) is 17.6. The van der Waals surface area contributed by atoms with E-state index in [2.05, 4.69) is 216 Å². The number of aromatic nitrogens is 1. The number of nitrogens with zero attached hydrogens (tertiary/aromatic N) is 3. The van der Waals surface area contributed by atoms with Crippen LogP contribution in [0.15, 0.2) is 218 Å². The predicted molar refractivity (Wildman–Crippen MR) is 270 cm³/mol. The van der Waals surface area contributed by atoms with Crippen molar-refractivity contribution in [2.75, 3.05) is 9.34 Å². The van der Waals surface area contributed by atoms with E-state index in [4.69, 9.17) is 0 Å². The van der Waals surface area contributed by atoms with Gasteiger partial charge in [-0.15, -0.1) is 0 Å². The highest BCUT2D eigenvalue weighted by Gasteiger charge is 2.51. The summed E-state index contributed by atoms with van der Waals surface area (Å²) < 4.78 is 24.2. The number of para-hydroxylation sites is 2. The van der Waals surface area contributed by atoms with E-state index in [1.54, 1.807) is 0 Å². The molecule has 2 heterocycles. The predicted octanol–water partition coefficient (Wildman–Crippen LogP) is 15.9. The first-order valence-corrected chi connectivity index (χ1v) is 23.7. The highest BCUT2D eigenvalue weighted by atomic mass is 31.2. The van der Waals surface area contributed by atoms with Gasteiger partial charge in [-0.05, 0) is 99.3 Å². The molecule has 0 radical (unpaired) electrons. The lowest BCUT2D eigenvalue weighted by Gasteiger charge is -2.35. The molecule has 2 aliphatic rings. The summed E-state index contributed by atoms with van der Waals surface area (Å²) in [6, 6.07) is 77.7. The van der Waals surface area contributed by atoms with Gasteiger partial charge in [-0.25, -0.2) is 0 Å². The van der Waals surface area contributed by atoms with Gasteiger partial charge in [-0.2, -0.15) is 0 Å². The Morgan fingerprint density at radius 2 is 1.03 bits per heavy atom. The number of hydrogen-bond donors (Lipinski definition) is 0. The fourth-order valence-corrected chi connectivity index (χ4v) is 14.1. The van der Waals surface area contributed by atoms with Crippen LogP contribution in [0.4, 0.5) is 22.7 Å². The van der Waals surface area contributed by atoms with Gasteiger partial charge in [0.15, 0.2) is 0 Å². The summed E-state index contributed by atoms with van der Waals surface area (Å²) in [5.41, 5.74) is 14.0. The van der Waals surface area contributed by atoms with Gasteiger partial charge in [0.1, 0.15) is 0 Å². The molecule has 1 unspecified atom stereocenters. The van der Waals surface area contributed by atoms with Gasteiger partial charge in [-0.3, -0.25) is 13.9 Å². The lowest BCUT2D eigenvalue weighted by molar-refractivity contribution is 0.582. The number of rotatable bonds is 5. The maximum atomic E-state index is 17.4. The van der Waals surface area contributed by atoms with Crippen LogP contribution in [0.25, 0.3) is 71.3 Å². The van der Waals surface area contributed by atoms with Crippen molar-refractivity contribution in [2.45, 2.75) is 19.3 Å². The monoisotopic (exact) mass is 839 g/mol. The van der Waals surface area contributed by atoms with Gasteiger partial charge in [0.05, 0.1) is 39.1 Å². The molecule has 1 aromatic heterocycles.